The van der Waals surface area contributed by atoms with Crippen LogP contribution < -0.4 is 11.2 Å². The summed E-state index contributed by atoms with van der Waals surface area (Å²) >= 11 is 1.66. The molecule has 5 nitrogen and oxygen atoms in total. The molecule has 1 unspecified atom stereocenters. The number of nitrogens with two attached hydrogens (primary N) is 1. The lowest BCUT2D eigenvalue weighted by atomic mass is 10.1. The normalized spacial score (nSPS) is 12.7. The summed E-state index contributed by atoms with van der Waals surface area (Å²) in [5.74, 6) is 0.583. The fraction of sp³-hybridized carbons (Fsp3) is 0.267. The third-order valence-electron chi connectivity index (χ3n) is 3.01. The summed E-state index contributed by atoms with van der Waals surface area (Å²) in [6.45, 7) is 0. The summed E-state index contributed by atoms with van der Waals surface area (Å²) in [6, 6.07) is 9.15. The zero-order valence-corrected chi connectivity index (χ0v) is 12.6. The number of nitrogens with one attached hydrogen (secondary N) is 1. The van der Waals surface area contributed by atoms with E-state index < -0.39 is 6.04 Å². The second-order valence-corrected chi connectivity index (χ2v) is 5.53. The Hall–Kier alpha value is -1.92. The van der Waals surface area contributed by atoms with Crippen molar-refractivity contribution >= 4 is 34.8 Å². The minimum absolute atomic E-state index is 0.270. The van der Waals surface area contributed by atoms with Crippen molar-refractivity contribution in [3.8, 4) is 0 Å². The van der Waals surface area contributed by atoms with Gasteiger partial charge in [0.05, 0.1) is 17.8 Å². The molecule has 1 heterocycles. The number of hydrogen-bond acceptors (Lipinski definition) is 5. The summed E-state index contributed by atoms with van der Waals surface area (Å²) in [5.41, 5.74) is 9.94. The van der Waals surface area contributed by atoms with Crippen LogP contribution in [0.1, 0.15) is 12.0 Å². The van der Waals surface area contributed by atoms with Gasteiger partial charge in [0.2, 0.25) is 0 Å². The van der Waals surface area contributed by atoms with E-state index in [2.05, 4.69) is 15.5 Å². The van der Waals surface area contributed by atoms with Crippen LogP contribution in [-0.4, -0.2) is 35.2 Å². The lowest BCUT2D eigenvalue weighted by Gasteiger charge is -2.08. The van der Waals surface area contributed by atoms with Gasteiger partial charge in [0, 0.05) is 17.1 Å². The van der Waals surface area contributed by atoms with Crippen molar-refractivity contribution in [3.05, 3.63) is 42.1 Å². The molecule has 0 saturated carbocycles. The second-order valence-electron chi connectivity index (χ2n) is 4.54. The molecule has 2 rings (SSSR count). The van der Waals surface area contributed by atoms with Gasteiger partial charge in [-0.25, -0.2) is 5.43 Å². The number of hydrogen-bond donors (Lipinski definition) is 2. The molecule has 1 aromatic carbocycles. The Labute approximate surface area is 128 Å². The molecule has 1 amide bonds. The van der Waals surface area contributed by atoms with E-state index in [1.807, 2.05) is 36.6 Å². The molecule has 1 aromatic heterocycles. The maximum atomic E-state index is 11.7. The van der Waals surface area contributed by atoms with Crippen molar-refractivity contribution in [3.63, 3.8) is 0 Å². The number of nitrogens with zero attached hydrogens (tertiary/aromatic N) is 2. The van der Waals surface area contributed by atoms with E-state index in [-0.39, 0.29) is 5.91 Å². The van der Waals surface area contributed by atoms with Gasteiger partial charge in [0.25, 0.3) is 5.91 Å². The summed E-state index contributed by atoms with van der Waals surface area (Å²) in [7, 11) is 0. The van der Waals surface area contributed by atoms with Gasteiger partial charge in [-0.15, -0.1) is 0 Å². The minimum Gasteiger partial charge on any atom is -0.320 e. The van der Waals surface area contributed by atoms with Crippen LogP contribution >= 0.6 is 11.8 Å². The number of para-hydroxylation sites is 1. The van der Waals surface area contributed by atoms with Gasteiger partial charge in [0.15, 0.2) is 0 Å². The Morgan fingerprint density at radius 3 is 3.10 bits per heavy atom. The number of thioether (sulfide) groups is 1. The first kappa shape index (κ1) is 15.5. The van der Waals surface area contributed by atoms with Gasteiger partial charge in [-0.1, -0.05) is 24.3 Å². The number of fused-ring (bicyclic) bond motifs is 1. The van der Waals surface area contributed by atoms with E-state index in [1.165, 1.54) is 0 Å². The highest BCUT2D eigenvalue weighted by Gasteiger charge is 2.11. The van der Waals surface area contributed by atoms with Crippen molar-refractivity contribution in [2.75, 3.05) is 12.0 Å². The van der Waals surface area contributed by atoms with Crippen molar-refractivity contribution < 1.29 is 4.79 Å². The number of hydrazone groups is 1. The van der Waals surface area contributed by atoms with Crippen LogP contribution in [0.2, 0.25) is 0 Å². The van der Waals surface area contributed by atoms with E-state index in [9.17, 15) is 4.79 Å². The Bertz CT molecular complexity index is 639. The number of pyridine rings is 1. The predicted molar refractivity (Wildman–Crippen MR) is 88.5 cm³/mol. The summed E-state index contributed by atoms with van der Waals surface area (Å²) in [6.07, 6.45) is 5.94. The average Bonchev–Trinajstić information content (AvgIpc) is 2.52. The molecule has 2 aromatic rings. The molecule has 0 aliphatic rings. The maximum Gasteiger partial charge on any atom is 0.256 e. The van der Waals surface area contributed by atoms with Crippen LogP contribution in [0.15, 0.2) is 41.6 Å². The fourth-order valence-electron chi connectivity index (χ4n) is 1.86. The highest BCUT2D eigenvalue weighted by atomic mass is 32.2. The maximum absolute atomic E-state index is 11.7. The molecule has 1 atom stereocenters. The topological polar surface area (TPSA) is 80.4 Å². The zero-order chi connectivity index (χ0) is 15.1. The van der Waals surface area contributed by atoms with E-state index in [4.69, 9.17) is 5.73 Å². The Kier molecular flexibility index (Phi) is 5.71. The second kappa shape index (κ2) is 7.75. The van der Waals surface area contributed by atoms with Gasteiger partial charge < -0.3 is 5.73 Å². The van der Waals surface area contributed by atoms with Crippen molar-refractivity contribution in [2.24, 2.45) is 10.8 Å². The number of aromatic nitrogens is 1. The Morgan fingerprint density at radius 1 is 1.48 bits per heavy atom. The van der Waals surface area contributed by atoms with Crippen LogP contribution in [0.3, 0.4) is 0 Å². The lowest BCUT2D eigenvalue weighted by molar-refractivity contribution is -0.122. The summed E-state index contributed by atoms with van der Waals surface area (Å²) in [5, 5.41) is 5.00. The van der Waals surface area contributed by atoms with Crippen LogP contribution in [0.5, 0.6) is 0 Å². The predicted octanol–water partition coefficient (Wildman–Crippen LogP) is 1.77. The summed E-state index contributed by atoms with van der Waals surface area (Å²) < 4.78 is 0. The van der Waals surface area contributed by atoms with Crippen LogP contribution in [0, 0.1) is 0 Å². The Morgan fingerprint density at radius 2 is 2.29 bits per heavy atom. The first-order valence-corrected chi connectivity index (χ1v) is 8.03. The molecule has 110 valence electrons. The van der Waals surface area contributed by atoms with Gasteiger partial charge >= 0.3 is 0 Å². The average molecular weight is 302 g/mol. The Balaban J connectivity index is 2.02. The molecule has 0 radical (unpaired) electrons. The van der Waals surface area contributed by atoms with Crippen molar-refractivity contribution in [2.45, 2.75) is 12.5 Å². The zero-order valence-electron chi connectivity index (χ0n) is 11.8. The largest absolute Gasteiger partial charge is 0.320 e. The smallest absolute Gasteiger partial charge is 0.256 e. The highest BCUT2D eigenvalue weighted by Crippen LogP contribution is 2.13. The monoisotopic (exact) mass is 302 g/mol. The third kappa shape index (κ3) is 4.27. The van der Waals surface area contributed by atoms with E-state index in [1.54, 1.807) is 24.2 Å². The molecule has 0 saturated heterocycles. The highest BCUT2D eigenvalue weighted by molar-refractivity contribution is 7.98. The minimum atomic E-state index is -0.528. The molecule has 3 N–H and O–H groups in total. The summed E-state index contributed by atoms with van der Waals surface area (Å²) in [4.78, 5) is 16.1. The molecule has 0 bridgehead atoms. The molecule has 0 spiro atoms. The fourth-order valence-corrected chi connectivity index (χ4v) is 2.35. The SMILES string of the molecule is CSCCC(N)C(=O)NN=Cc1cccc2cccnc12. The molecular formula is C15H18N4OS. The van der Waals surface area contributed by atoms with Crippen LogP contribution in [0.25, 0.3) is 10.9 Å². The van der Waals surface area contributed by atoms with Crippen LogP contribution in [0.4, 0.5) is 0 Å². The number of benzene rings is 1. The number of carbonyl (C=O) groups excluding carboxylic acids is 1. The lowest BCUT2D eigenvalue weighted by Crippen LogP contribution is -2.38. The van der Waals surface area contributed by atoms with Gasteiger partial charge in [-0.05, 0) is 24.5 Å². The molecule has 21 heavy (non-hydrogen) atoms. The number of amides is 1. The van der Waals surface area contributed by atoms with E-state index in [0.29, 0.717) is 6.42 Å². The molecule has 0 aliphatic heterocycles. The molecule has 0 fully saturated rings. The molecule has 6 heteroatoms. The van der Waals surface area contributed by atoms with E-state index >= 15 is 0 Å². The van der Waals surface area contributed by atoms with Crippen molar-refractivity contribution in [1.82, 2.24) is 10.4 Å². The van der Waals surface area contributed by atoms with Gasteiger partial charge in [-0.2, -0.15) is 16.9 Å². The first-order valence-electron chi connectivity index (χ1n) is 6.63. The molecular weight excluding hydrogens is 284 g/mol. The van der Waals surface area contributed by atoms with Gasteiger partial charge in [-0.3, -0.25) is 9.78 Å². The number of rotatable bonds is 6. The number of carbonyl (C=O) groups is 1. The van der Waals surface area contributed by atoms with E-state index in [0.717, 1.165) is 22.2 Å². The van der Waals surface area contributed by atoms with Gasteiger partial charge in [0.1, 0.15) is 0 Å². The quantitative estimate of drug-likeness (QED) is 0.629. The first-order chi connectivity index (χ1) is 10.2. The third-order valence-corrected chi connectivity index (χ3v) is 3.66. The standard InChI is InChI=1S/C15H18N4OS/c1-21-9-7-13(16)15(20)19-18-10-12-5-2-4-11-6-3-8-17-14(11)12/h2-6,8,10,13H,7,9,16H2,1H3,(H,19,20). The molecule has 0 aliphatic carbocycles. The van der Waals surface area contributed by atoms with Crippen LogP contribution in [-0.2, 0) is 4.79 Å². The van der Waals surface area contributed by atoms with Crippen molar-refractivity contribution in [1.29, 1.82) is 0 Å².